The largest absolute Gasteiger partial charge is 0.462 e. The van der Waals surface area contributed by atoms with E-state index in [2.05, 4.69) is 0 Å². The van der Waals surface area contributed by atoms with Crippen molar-refractivity contribution in [2.24, 2.45) is 5.73 Å². The molecule has 8 heteroatoms. The number of hydrogen-bond donors (Lipinski definition) is 1. The number of hydrogen-bond acceptors (Lipinski definition) is 6. The van der Waals surface area contributed by atoms with Crippen molar-refractivity contribution in [3.8, 4) is 5.75 Å². The zero-order valence-corrected chi connectivity index (χ0v) is 16.7. The second-order valence-electron chi connectivity index (χ2n) is 6.33. The number of nitrogens with two attached hydrogens (primary N) is 1. The molecule has 3 aromatic rings. The Morgan fingerprint density at radius 1 is 1.21 bits per heavy atom. The maximum absolute atomic E-state index is 12.9. The molecule has 0 fully saturated rings. The standard InChI is InChI=1S/C21H15Cl2NO5/c1-2-27-20(25)17-15(11-8-7-10(22)9-13(11)23)16-18(29-19(17)24)12-5-3-4-6-14(12)28-21(16)26/h3-9,15H,2,24H2,1H3/t15-/m1/s1. The van der Waals surface area contributed by atoms with Gasteiger partial charge in [0.25, 0.3) is 0 Å². The van der Waals surface area contributed by atoms with Crippen molar-refractivity contribution in [3.05, 3.63) is 85.5 Å². The molecule has 4 rings (SSSR count). The first-order valence-corrected chi connectivity index (χ1v) is 9.53. The zero-order valence-electron chi connectivity index (χ0n) is 15.2. The Labute approximate surface area is 175 Å². The highest BCUT2D eigenvalue weighted by Crippen LogP contribution is 2.46. The molecule has 1 aliphatic rings. The van der Waals surface area contributed by atoms with E-state index in [4.69, 9.17) is 42.8 Å². The first-order chi connectivity index (χ1) is 13.9. The lowest BCUT2D eigenvalue weighted by molar-refractivity contribution is -0.139. The molecule has 0 spiro atoms. The van der Waals surface area contributed by atoms with Crippen LogP contribution in [0.25, 0.3) is 11.0 Å². The van der Waals surface area contributed by atoms with Gasteiger partial charge in [-0.3, -0.25) is 0 Å². The van der Waals surface area contributed by atoms with Crippen molar-refractivity contribution in [1.29, 1.82) is 0 Å². The highest BCUT2D eigenvalue weighted by atomic mass is 35.5. The summed E-state index contributed by atoms with van der Waals surface area (Å²) in [6.07, 6.45) is 0. The SMILES string of the molecule is CCOC(=O)C1=C(N)Oc2c(c(=O)oc3ccccc23)[C@H]1c1ccc(Cl)cc1Cl. The zero-order chi connectivity index (χ0) is 20.7. The van der Waals surface area contributed by atoms with E-state index in [1.54, 1.807) is 43.3 Å². The Hall–Kier alpha value is -2.96. The molecule has 0 saturated carbocycles. The summed E-state index contributed by atoms with van der Waals surface area (Å²) in [5, 5.41) is 1.21. The number of rotatable bonds is 3. The normalized spacial score (nSPS) is 15.8. The molecule has 29 heavy (non-hydrogen) atoms. The summed E-state index contributed by atoms with van der Waals surface area (Å²) in [6, 6.07) is 11.7. The van der Waals surface area contributed by atoms with Crippen LogP contribution < -0.4 is 16.1 Å². The van der Waals surface area contributed by atoms with Crippen molar-refractivity contribution in [2.45, 2.75) is 12.8 Å². The molecule has 0 bridgehead atoms. The quantitative estimate of drug-likeness (QED) is 0.489. The lowest BCUT2D eigenvalue weighted by atomic mass is 9.83. The Balaban J connectivity index is 2.07. The molecule has 148 valence electrons. The van der Waals surface area contributed by atoms with E-state index in [9.17, 15) is 9.59 Å². The second-order valence-corrected chi connectivity index (χ2v) is 7.17. The molecular weight excluding hydrogens is 417 g/mol. The van der Waals surface area contributed by atoms with Crippen LogP contribution in [0.4, 0.5) is 0 Å². The average Bonchev–Trinajstić information content (AvgIpc) is 2.67. The molecule has 6 nitrogen and oxygen atoms in total. The molecule has 0 unspecified atom stereocenters. The van der Waals surface area contributed by atoms with Crippen molar-refractivity contribution >= 4 is 40.1 Å². The van der Waals surface area contributed by atoms with Crippen LogP contribution in [0.3, 0.4) is 0 Å². The molecule has 1 aliphatic heterocycles. The van der Waals surface area contributed by atoms with Crippen molar-refractivity contribution in [3.63, 3.8) is 0 Å². The van der Waals surface area contributed by atoms with Crippen LogP contribution >= 0.6 is 23.2 Å². The molecular formula is C21H15Cl2NO5. The van der Waals surface area contributed by atoms with Gasteiger partial charge in [0.1, 0.15) is 11.2 Å². The number of benzene rings is 2. The lowest BCUT2D eigenvalue weighted by Gasteiger charge is -2.28. The van der Waals surface area contributed by atoms with Gasteiger partial charge in [0, 0.05) is 10.0 Å². The van der Waals surface area contributed by atoms with Crippen molar-refractivity contribution < 1.29 is 18.7 Å². The third-order valence-corrected chi connectivity index (χ3v) is 5.18. The summed E-state index contributed by atoms with van der Waals surface area (Å²) in [5.41, 5.74) is 6.35. The summed E-state index contributed by atoms with van der Waals surface area (Å²) in [5.74, 6) is -1.59. The number of esters is 1. The van der Waals surface area contributed by atoms with Gasteiger partial charge in [-0.25, -0.2) is 9.59 Å². The molecule has 2 heterocycles. The predicted molar refractivity (Wildman–Crippen MR) is 109 cm³/mol. The van der Waals surface area contributed by atoms with Crippen LogP contribution in [0.5, 0.6) is 5.75 Å². The van der Waals surface area contributed by atoms with Crippen LogP contribution in [-0.2, 0) is 9.53 Å². The molecule has 0 radical (unpaired) electrons. The highest BCUT2D eigenvalue weighted by Gasteiger charge is 2.40. The summed E-state index contributed by atoms with van der Waals surface area (Å²) in [6.45, 7) is 1.79. The first kappa shape index (κ1) is 19.4. The van der Waals surface area contributed by atoms with Gasteiger partial charge in [0.15, 0.2) is 5.75 Å². The number of carbonyl (C=O) groups is 1. The van der Waals surface area contributed by atoms with Crippen LogP contribution in [0.1, 0.15) is 24.0 Å². The second kappa shape index (κ2) is 7.46. The van der Waals surface area contributed by atoms with E-state index < -0.39 is 17.5 Å². The van der Waals surface area contributed by atoms with Gasteiger partial charge in [-0.2, -0.15) is 0 Å². The maximum atomic E-state index is 12.9. The molecule has 0 amide bonds. The highest BCUT2D eigenvalue weighted by molar-refractivity contribution is 6.35. The number of carbonyl (C=O) groups excluding carboxylic acids is 1. The summed E-state index contributed by atoms with van der Waals surface area (Å²) in [4.78, 5) is 25.7. The van der Waals surface area contributed by atoms with Gasteiger partial charge < -0.3 is 19.6 Å². The minimum atomic E-state index is -0.941. The fraction of sp³-hybridized carbons (Fsp3) is 0.143. The van der Waals surface area contributed by atoms with E-state index in [-0.39, 0.29) is 34.4 Å². The lowest BCUT2D eigenvalue weighted by Crippen LogP contribution is -2.31. The average molecular weight is 432 g/mol. The van der Waals surface area contributed by atoms with E-state index in [0.717, 1.165) is 0 Å². The molecule has 0 saturated heterocycles. The summed E-state index contributed by atoms with van der Waals surface area (Å²) >= 11 is 12.4. The predicted octanol–water partition coefficient (Wildman–Crippen LogP) is 4.36. The number of halogens is 2. The van der Waals surface area contributed by atoms with E-state index >= 15 is 0 Å². The molecule has 0 aliphatic carbocycles. The van der Waals surface area contributed by atoms with Crippen LogP contribution in [0, 0.1) is 0 Å². The van der Waals surface area contributed by atoms with Crippen LogP contribution in [0.2, 0.25) is 10.0 Å². The van der Waals surface area contributed by atoms with Gasteiger partial charge in [0.2, 0.25) is 5.88 Å². The Kier molecular flexibility index (Phi) is 4.98. The van der Waals surface area contributed by atoms with Crippen LogP contribution in [-0.4, -0.2) is 12.6 Å². The van der Waals surface area contributed by atoms with E-state index in [1.807, 2.05) is 0 Å². The Bertz CT molecular complexity index is 1230. The van der Waals surface area contributed by atoms with Gasteiger partial charge in [-0.15, -0.1) is 0 Å². The van der Waals surface area contributed by atoms with Crippen molar-refractivity contribution in [2.75, 3.05) is 6.61 Å². The van der Waals surface area contributed by atoms with Gasteiger partial charge in [-0.05, 0) is 36.8 Å². The number of ether oxygens (including phenoxy) is 2. The monoisotopic (exact) mass is 431 g/mol. The minimum Gasteiger partial charge on any atom is -0.462 e. The smallest absolute Gasteiger partial charge is 0.344 e. The summed E-state index contributed by atoms with van der Waals surface area (Å²) in [7, 11) is 0. The fourth-order valence-corrected chi connectivity index (χ4v) is 3.94. The number of para-hydroxylation sites is 1. The summed E-state index contributed by atoms with van der Waals surface area (Å²) < 4.78 is 16.4. The van der Waals surface area contributed by atoms with Gasteiger partial charge >= 0.3 is 11.6 Å². The Morgan fingerprint density at radius 2 is 1.97 bits per heavy atom. The van der Waals surface area contributed by atoms with Crippen LogP contribution in [0.15, 0.2) is 63.1 Å². The first-order valence-electron chi connectivity index (χ1n) is 8.77. The van der Waals surface area contributed by atoms with E-state index in [1.165, 1.54) is 6.07 Å². The van der Waals surface area contributed by atoms with Gasteiger partial charge in [0.05, 0.1) is 23.5 Å². The maximum Gasteiger partial charge on any atom is 0.344 e. The third kappa shape index (κ3) is 3.24. The fourth-order valence-electron chi connectivity index (χ4n) is 3.42. The topological polar surface area (TPSA) is 91.8 Å². The van der Waals surface area contributed by atoms with Crippen molar-refractivity contribution in [1.82, 2.24) is 0 Å². The molecule has 1 aromatic heterocycles. The van der Waals surface area contributed by atoms with Gasteiger partial charge in [-0.1, -0.05) is 41.4 Å². The minimum absolute atomic E-state index is 0.0221. The Morgan fingerprint density at radius 3 is 2.69 bits per heavy atom. The number of fused-ring (bicyclic) bond motifs is 3. The van der Waals surface area contributed by atoms with E-state index in [0.29, 0.717) is 21.6 Å². The molecule has 1 atom stereocenters. The third-order valence-electron chi connectivity index (χ3n) is 4.62. The molecule has 2 N–H and O–H groups in total. The molecule has 2 aromatic carbocycles.